The molecule has 0 aliphatic heterocycles. The fourth-order valence-electron chi connectivity index (χ4n) is 1.35. The first-order valence-corrected chi connectivity index (χ1v) is 5.45. The van der Waals surface area contributed by atoms with Gasteiger partial charge in [-0.15, -0.1) is 0 Å². The van der Waals surface area contributed by atoms with Crippen molar-refractivity contribution in [3.05, 3.63) is 29.6 Å². The average molecular weight is 235 g/mol. The van der Waals surface area contributed by atoms with Crippen LogP contribution >= 0.6 is 0 Å². The number of nitrogens with zero attached hydrogens (tertiary/aromatic N) is 1. The van der Waals surface area contributed by atoms with E-state index < -0.39 is 5.82 Å². The normalized spacial score (nSPS) is 9.71. The van der Waals surface area contributed by atoms with Crippen LogP contribution in [0, 0.1) is 17.1 Å². The number of carbonyl (C=O) groups is 1. The van der Waals surface area contributed by atoms with Crippen LogP contribution < -0.4 is 4.74 Å². The Balaban J connectivity index is 2.37. The maximum atomic E-state index is 13.3. The van der Waals surface area contributed by atoms with Crippen LogP contribution in [0.25, 0.3) is 0 Å². The molecule has 0 atom stereocenters. The topological polar surface area (TPSA) is 50.1 Å². The van der Waals surface area contributed by atoms with E-state index in [0.717, 1.165) is 12.5 Å². The number of carbonyl (C=O) groups excluding carboxylic acids is 1. The van der Waals surface area contributed by atoms with Gasteiger partial charge in [0.1, 0.15) is 5.78 Å². The average Bonchev–Trinajstić information content (AvgIpc) is 2.30. The summed E-state index contributed by atoms with van der Waals surface area (Å²) in [6.45, 7) is 1.91. The summed E-state index contributed by atoms with van der Waals surface area (Å²) < 4.78 is 18.6. The van der Waals surface area contributed by atoms with Crippen molar-refractivity contribution in [2.24, 2.45) is 0 Å². The molecule has 4 heteroatoms. The standard InChI is InChI=1S/C13H14FNO2/c1-10(16)4-2-3-7-17-13-6-5-11(9-15)8-12(13)14/h5-6,8H,2-4,7H2,1H3. The number of benzene rings is 1. The van der Waals surface area contributed by atoms with E-state index in [1.807, 2.05) is 6.07 Å². The molecule has 0 aliphatic carbocycles. The Bertz CT molecular complexity index is 438. The highest BCUT2D eigenvalue weighted by Gasteiger charge is 2.04. The van der Waals surface area contributed by atoms with Gasteiger partial charge < -0.3 is 9.53 Å². The minimum absolute atomic E-state index is 0.145. The molecule has 0 aliphatic rings. The Morgan fingerprint density at radius 1 is 1.47 bits per heavy atom. The van der Waals surface area contributed by atoms with Crippen LogP contribution in [0.15, 0.2) is 18.2 Å². The van der Waals surface area contributed by atoms with Crippen molar-refractivity contribution in [2.75, 3.05) is 6.61 Å². The number of nitriles is 1. The highest BCUT2D eigenvalue weighted by Crippen LogP contribution is 2.18. The van der Waals surface area contributed by atoms with Gasteiger partial charge in [0, 0.05) is 6.42 Å². The van der Waals surface area contributed by atoms with Gasteiger partial charge in [-0.1, -0.05) is 0 Å². The lowest BCUT2D eigenvalue weighted by Gasteiger charge is -2.06. The second-order valence-electron chi connectivity index (χ2n) is 3.76. The molecule has 1 rings (SSSR count). The Kier molecular flexibility index (Phi) is 5.15. The van der Waals surface area contributed by atoms with Gasteiger partial charge in [0.05, 0.1) is 18.2 Å². The molecule has 0 amide bonds. The first kappa shape index (κ1) is 13.2. The lowest BCUT2D eigenvalue weighted by atomic mass is 10.2. The number of ketones is 1. The van der Waals surface area contributed by atoms with Crippen LogP contribution in [0.1, 0.15) is 31.7 Å². The molecule has 0 radical (unpaired) electrons. The van der Waals surface area contributed by atoms with Crippen LogP contribution in [0.4, 0.5) is 4.39 Å². The first-order valence-electron chi connectivity index (χ1n) is 5.45. The summed E-state index contributed by atoms with van der Waals surface area (Å²) in [7, 11) is 0. The van der Waals surface area contributed by atoms with E-state index in [4.69, 9.17) is 10.00 Å². The highest BCUT2D eigenvalue weighted by molar-refractivity contribution is 5.75. The molecule has 0 unspecified atom stereocenters. The van der Waals surface area contributed by atoms with Gasteiger partial charge in [-0.3, -0.25) is 0 Å². The lowest BCUT2D eigenvalue weighted by Crippen LogP contribution is -2.00. The number of rotatable bonds is 6. The van der Waals surface area contributed by atoms with Gasteiger partial charge in [-0.25, -0.2) is 4.39 Å². The van der Waals surface area contributed by atoms with Crippen molar-refractivity contribution in [1.82, 2.24) is 0 Å². The minimum Gasteiger partial charge on any atom is -0.491 e. The number of Topliss-reactive ketones (excluding diaryl/α,β-unsaturated/α-hetero) is 1. The second kappa shape index (κ2) is 6.64. The predicted molar refractivity (Wildman–Crippen MR) is 61.1 cm³/mol. The second-order valence-corrected chi connectivity index (χ2v) is 3.76. The molecule has 0 heterocycles. The molecular weight excluding hydrogens is 221 g/mol. The molecule has 90 valence electrons. The van der Waals surface area contributed by atoms with E-state index in [1.165, 1.54) is 12.1 Å². The van der Waals surface area contributed by atoms with Crippen LogP contribution in [-0.2, 0) is 4.79 Å². The molecule has 0 saturated heterocycles. The summed E-state index contributed by atoms with van der Waals surface area (Å²) in [4.78, 5) is 10.7. The van der Waals surface area contributed by atoms with Gasteiger partial charge in [0.25, 0.3) is 0 Å². The van der Waals surface area contributed by atoms with Crippen LogP contribution in [0.5, 0.6) is 5.75 Å². The third kappa shape index (κ3) is 4.64. The molecule has 17 heavy (non-hydrogen) atoms. The number of hydrogen-bond acceptors (Lipinski definition) is 3. The van der Waals surface area contributed by atoms with E-state index in [-0.39, 0.29) is 17.1 Å². The molecular formula is C13H14FNO2. The SMILES string of the molecule is CC(=O)CCCCOc1ccc(C#N)cc1F. The van der Waals surface area contributed by atoms with Crippen molar-refractivity contribution in [1.29, 1.82) is 5.26 Å². The summed E-state index contributed by atoms with van der Waals surface area (Å²) in [5, 5.41) is 8.56. The van der Waals surface area contributed by atoms with Gasteiger partial charge in [0.15, 0.2) is 11.6 Å². The molecule has 0 saturated carbocycles. The number of halogens is 1. The quantitative estimate of drug-likeness (QED) is 0.712. The summed E-state index contributed by atoms with van der Waals surface area (Å²) in [5.74, 6) is -0.239. The van der Waals surface area contributed by atoms with E-state index >= 15 is 0 Å². The highest BCUT2D eigenvalue weighted by atomic mass is 19.1. The molecule has 0 bridgehead atoms. The number of hydrogen-bond donors (Lipinski definition) is 0. The first-order chi connectivity index (χ1) is 8.13. The Hall–Kier alpha value is -1.89. The van der Waals surface area contributed by atoms with Gasteiger partial charge in [-0.05, 0) is 38.0 Å². The molecule has 0 aromatic heterocycles. The fraction of sp³-hybridized carbons (Fsp3) is 0.385. The van der Waals surface area contributed by atoms with Crippen molar-refractivity contribution in [2.45, 2.75) is 26.2 Å². The monoisotopic (exact) mass is 235 g/mol. The zero-order valence-corrected chi connectivity index (χ0v) is 9.70. The van der Waals surface area contributed by atoms with Crippen molar-refractivity contribution >= 4 is 5.78 Å². The van der Waals surface area contributed by atoms with E-state index in [1.54, 1.807) is 6.92 Å². The maximum absolute atomic E-state index is 13.3. The Morgan fingerprint density at radius 3 is 2.82 bits per heavy atom. The molecule has 0 N–H and O–H groups in total. The summed E-state index contributed by atoms with van der Waals surface area (Å²) in [5.41, 5.74) is 0.270. The molecule has 3 nitrogen and oxygen atoms in total. The molecule has 1 aromatic carbocycles. The van der Waals surface area contributed by atoms with E-state index in [9.17, 15) is 9.18 Å². The summed E-state index contributed by atoms with van der Waals surface area (Å²) in [6, 6.07) is 5.95. The van der Waals surface area contributed by atoms with Crippen LogP contribution in [0.2, 0.25) is 0 Å². The third-order valence-electron chi connectivity index (χ3n) is 2.24. The molecule has 0 spiro atoms. The van der Waals surface area contributed by atoms with Crippen LogP contribution in [-0.4, -0.2) is 12.4 Å². The van der Waals surface area contributed by atoms with Gasteiger partial charge in [0.2, 0.25) is 0 Å². The van der Waals surface area contributed by atoms with Crippen molar-refractivity contribution in [3.63, 3.8) is 0 Å². The lowest BCUT2D eigenvalue weighted by molar-refractivity contribution is -0.117. The third-order valence-corrected chi connectivity index (χ3v) is 2.24. The number of ether oxygens (including phenoxy) is 1. The smallest absolute Gasteiger partial charge is 0.166 e. The Morgan fingerprint density at radius 2 is 2.24 bits per heavy atom. The fourth-order valence-corrected chi connectivity index (χ4v) is 1.35. The van der Waals surface area contributed by atoms with E-state index in [2.05, 4.69) is 0 Å². The zero-order chi connectivity index (χ0) is 12.7. The largest absolute Gasteiger partial charge is 0.491 e. The van der Waals surface area contributed by atoms with Gasteiger partial charge >= 0.3 is 0 Å². The molecule has 0 fully saturated rings. The van der Waals surface area contributed by atoms with Crippen molar-refractivity contribution < 1.29 is 13.9 Å². The summed E-state index contributed by atoms with van der Waals surface area (Å²) >= 11 is 0. The Labute approximate surface area is 99.8 Å². The molecule has 1 aromatic rings. The maximum Gasteiger partial charge on any atom is 0.166 e. The number of unbranched alkanes of at least 4 members (excludes halogenated alkanes) is 1. The van der Waals surface area contributed by atoms with E-state index in [0.29, 0.717) is 19.4 Å². The zero-order valence-electron chi connectivity index (χ0n) is 9.70. The minimum atomic E-state index is -0.532. The van der Waals surface area contributed by atoms with Gasteiger partial charge in [-0.2, -0.15) is 5.26 Å². The predicted octanol–water partition coefficient (Wildman–Crippen LogP) is 2.84. The summed E-state index contributed by atoms with van der Waals surface area (Å²) in [6.07, 6.45) is 1.98. The van der Waals surface area contributed by atoms with Crippen LogP contribution in [0.3, 0.4) is 0 Å². The van der Waals surface area contributed by atoms with Crippen molar-refractivity contribution in [3.8, 4) is 11.8 Å².